The average molecular weight is 387 g/mol. The Morgan fingerprint density at radius 2 is 1.71 bits per heavy atom. The van der Waals surface area contributed by atoms with Gasteiger partial charge >= 0.3 is 11.8 Å². The Balaban J connectivity index is 1.85. The maximum atomic E-state index is 12.8. The molecule has 154 valence electrons. The standard InChI is InChI=1S/C22H34N4O2/c1-19(2)17-26(18-20-9-6-5-7-10-20)22(28)21(27)24(4)11-8-12-25-15-13-23(3)14-16-25/h5-7,9-10H,1,8,11-18H2,2-4H3. The molecule has 0 aliphatic carbocycles. The van der Waals surface area contributed by atoms with Crippen molar-refractivity contribution in [2.24, 2.45) is 0 Å². The third-order valence-electron chi connectivity index (χ3n) is 5.06. The lowest BCUT2D eigenvalue weighted by molar-refractivity contribution is -0.151. The lowest BCUT2D eigenvalue weighted by Gasteiger charge is -2.32. The second kappa shape index (κ2) is 11.0. The SMILES string of the molecule is C=C(C)CN(Cc1ccccc1)C(=O)C(=O)N(C)CCCN1CCN(C)CC1. The largest absolute Gasteiger partial charge is 0.337 e. The van der Waals surface area contributed by atoms with E-state index in [1.807, 2.05) is 37.3 Å². The van der Waals surface area contributed by atoms with Gasteiger partial charge in [0.05, 0.1) is 0 Å². The first kappa shape index (κ1) is 22.1. The van der Waals surface area contributed by atoms with Crippen LogP contribution in [-0.4, -0.2) is 91.3 Å². The number of piperazine rings is 1. The molecular formula is C22H34N4O2. The molecule has 1 heterocycles. The molecule has 0 radical (unpaired) electrons. The average Bonchev–Trinajstić information content (AvgIpc) is 2.68. The number of hydrogen-bond acceptors (Lipinski definition) is 4. The van der Waals surface area contributed by atoms with Crippen LogP contribution in [0.3, 0.4) is 0 Å². The van der Waals surface area contributed by atoms with E-state index in [1.54, 1.807) is 16.8 Å². The van der Waals surface area contributed by atoms with Gasteiger partial charge in [0.1, 0.15) is 0 Å². The predicted octanol–water partition coefficient (Wildman–Crippen LogP) is 1.69. The van der Waals surface area contributed by atoms with E-state index in [2.05, 4.69) is 23.4 Å². The van der Waals surface area contributed by atoms with Crippen molar-refractivity contribution >= 4 is 11.8 Å². The number of likely N-dealkylation sites (N-methyl/N-ethyl adjacent to an activating group) is 2. The highest BCUT2D eigenvalue weighted by atomic mass is 16.2. The molecule has 1 aromatic rings. The summed E-state index contributed by atoms with van der Waals surface area (Å²) in [5, 5.41) is 0. The van der Waals surface area contributed by atoms with Gasteiger partial charge in [0.15, 0.2) is 0 Å². The molecule has 1 fully saturated rings. The van der Waals surface area contributed by atoms with Crippen molar-refractivity contribution in [3.8, 4) is 0 Å². The Hall–Kier alpha value is -2.18. The first-order chi connectivity index (χ1) is 13.4. The first-order valence-corrected chi connectivity index (χ1v) is 10.0. The Labute approximate surface area is 169 Å². The van der Waals surface area contributed by atoms with Gasteiger partial charge in [0.25, 0.3) is 0 Å². The van der Waals surface area contributed by atoms with Crippen molar-refractivity contribution in [3.63, 3.8) is 0 Å². The molecule has 0 aromatic heterocycles. The molecule has 1 aromatic carbocycles. The number of amides is 2. The minimum atomic E-state index is -0.464. The van der Waals surface area contributed by atoms with Gasteiger partial charge in [-0.15, -0.1) is 0 Å². The summed E-state index contributed by atoms with van der Waals surface area (Å²) in [6, 6.07) is 9.73. The third kappa shape index (κ3) is 7.09. The maximum absolute atomic E-state index is 12.8. The van der Waals surface area contributed by atoms with Crippen LogP contribution in [0.15, 0.2) is 42.5 Å². The van der Waals surface area contributed by atoms with Gasteiger partial charge in [-0.1, -0.05) is 42.5 Å². The molecule has 1 aliphatic rings. The maximum Gasteiger partial charge on any atom is 0.312 e. The van der Waals surface area contributed by atoms with Gasteiger partial charge in [-0.25, -0.2) is 0 Å². The van der Waals surface area contributed by atoms with Gasteiger partial charge in [-0.3, -0.25) is 9.59 Å². The second-order valence-corrected chi connectivity index (χ2v) is 7.83. The second-order valence-electron chi connectivity index (χ2n) is 7.83. The van der Waals surface area contributed by atoms with Crippen LogP contribution >= 0.6 is 0 Å². The van der Waals surface area contributed by atoms with Crippen LogP contribution in [0, 0.1) is 0 Å². The number of rotatable bonds is 8. The van der Waals surface area contributed by atoms with E-state index in [9.17, 15) is 9.59 Å². The van der Waals surface area contributed by atoms with E-state index in [4.69, 9.17) is 0 Å². The number of benzene rings is 1. The van der Waals surface area contributed by atoms with E-state index in [-0.39, 0.29) is 0 Å². The normalized spacial score (nSPS) is 15.2. The van der Waals surface area contributed by atoms with E-state index >= 15 is 0 Å². The van der Waals surface area contributed by atoms with Gasteiger partial charge in [-0.2, -0.15) is 0 Å². The zero-order valence-corrected chi connectivity index (χ0v) is 17.6. The number of hydrogen-bond donors (Lipinski definition) is 0. The molecule has 0 unspecified atom stereocenters. The molecule has 1 saturated heterocycles. The summed E-state index contributed by atoms with van der Waals surface area (Å²) < 4.78 is 0. The van der Waals surface area contributed by atoms with Gasteiger partial charge < -0.3 is 19.6 Å². The molecule has 0 saturated carbocycles. The first-order valence-electron chi connectivity index (χ1n) is 10.0. The van der Waals surface area contributed by atoms with Gasteiger partial charge in [-0.05, 0) is 32.5 Å². The minimum absolute atomic E-state index is 0.384. The molecule has 0 N–H and O–H groups in total. The van der Waals surface area contributed by atoms with Crippen LogP contribution in [0.5, 0.6) is 0 Å². The van der Waals surface area contributed by atoms with Crippen molar-refractivity contribution < 1.29 is 9.59 Å². The molecular weight excluding hydrogens is 352 g/mol. The zero-order chi connectivity index (χ0) is 20.5. The molecule has 2 rings (SSSR count). The van der Waals surface area contributed by atoms with Crippen LogP contribution in [0.25, 0.3) is 0 Å². The summed E-state index contributed by atoms with van der Waals surface area (Å²) in [5.41, 5.74) is 1.86. The quantitative estimate of drug-likeness (QED) is 0.504. The Morgan fingerprint density at radius 1 is 1.07 bits per heavy atom. The molecule has 0 atom stereocenters. The van der Waals surface area contributed by atoms with Gasteiger partial charge in [0, 0.05) is 52.9 Å². The fraction of sp³-hybridized carbons (Fsp3) is 0.545. The number of nitrogens with zero attached hydrogens (tertiary/aromatic N) is 4. The zero-order valence-electron chi connectivity index (χ0n) is 17.6. The third-order valence-corrected chi connectivity index (χ3v) is 5.06. The highest BCUT2D eigenvalue weighted by Gasteiger charge is 2.25. The van der Waals surface area contributed by atoms with Crippen molar-refractivity contribution in [1.29, 1.82) is 0 Å². The monoisotopic (exact) mass is 386 g/mol. The fourth-order valence-electron chi connectivity index (χ4n) is 3.33. The van der Waals surface area contributed by atoms with Crippen LogP contribution in [0.4, 0.5) is 0 Å². The van der Waals surface area contributed by atoms with Crippen LogP contribution < -0.4 is 0 Å². The van der Waals surface area contributed by atoms with E-state index in [0.717, 1.165) is 50.3 Å². The molecule has 6 nitrogen and oxygen atoms in total. The summed E-state index contributed by atoms with van der Waals surface area (Å²) >= 11 is 0. The summed E-state index contributed by atoms with van der Waals surface area (Å²) in [6.45, 7) is 12.4. The van der Waals surface area contributed by atoms with Crippen LogP contribution in [-0.2, 0) is 16.1 Å². The minimum Gasteiger partial charge on any atom is -0.337 e. The molecule has 0 bridgehead atoms. The fourth-order valence-corrected chi connectivity index (χ4v) is 3.33. The molecule has 1 aliphatic heterocycles. The van der Waals surface area contributed by atoms with Crippen LogP contribution in [0.2, 0.25) is 0 Å². The lowest BCUT2D eigenvalue weighted by Crippen LogP contribution is -2.46. The molecule has 6 heteroatoms. The summed E-state index contributed by atoms with van der Waals surface area (Å²) in [6.07, 6.45) is 0.873. The highest BCUT2D eigenvalue weighted by Crippen LogP contribution is 2.09. The van der Waals surface area contributed by atoms with Crippen molar-refractivity contribution in [3.05, 3.63) is 48.0 Å². The van der Waals surface area contributed by atoms with Crippen molar-refractivity contribution in [1.82, 2.24) is 19.6 Å². The van der Waals surface area contributed by atoms with Gasteiger partial charge in [0.2, 0.25) is 0 Å². The molecule has 2 amide bonds. The summed E-state index contributed by atoms with van der Waals surface area (Å²) in [5.74, 6) is -0.912. The number of carbonyl (C=O) groups excluding carboxylic acids is 2. The lowest BCUT2D eigenvalue weighted by atomic mass is 10.2. The molecule has 0 spiro atoms. The van der Waals surface area contributed by atoms with Crippen molar-refractivity contribution in [2.45, 2.75) is 19.9 Å². The van der Waals surface area contributed by atoms with E-state index < -0.39 is 11.8 Å². The molecule has 28 heavy (non-hydrogen) atoms. The summed E-state index contributed by atoms with van der Waals surface area (Å²) in [4.78, 5) is 33.3. The van der Waals surface area contributed by atoms with Crippen molar-refractivity contribution in [2.75, 3.05) is 59.9 Å². The Morgan fingerprint density at radius 3 is 2.32 bits per heavy atom. The van der Waals surface area contributed by atoms with E-state index in [1.165, 1.54) is 0 Å². The van der Waals surface area contributed by atoms with Crippen LogP contribution in [0.1, 0.15) is 18.9 Å². The topological polar surface area (TPSA) is 47.1 Å². The predicted molar refractivity (Wildman–Crippen MR) is 113 cm³/mol. The Bertz CT molecular complexity index is 654. The Kier molecular flexibility index (Phi) is 8.67. The highest BCUT2D eigenvalue weighted by molar-refractivity contribution is 6.34. The number of carbonyl (C=O) groups is 2. The smallest absolute Gasteiger partial charge is 0.312 e. The summed E-state index contributed by atoms with van der Waals surface area (Å²) in [7, 11) is 3.85. The van der Waals surface area contributed by atoms with E-state index in [0.29, 0.717) is 19.6 Å².